The normalized spacial score (nSPS) is 18.1. The minimum atomic E-state index is 0.326. The van der Waals surface area contributed by atoms with Crippen LogP contribution in [0.4, 0.5) is 5.69 Å². The lowest BCUT2D eigenvalue weighted by Crippen LogP contribution is -2.15. The zero-order chi connectivity index (χ0) is 14.7. The Balaban J connectivity index is 1.55. The Labute approximate surface area is 133 Å². The second-order valence-corrected chi connectivity index (χ2v) is 6.38. The number of ether oxygens (including phenoxy) is 1. The van der Waals surface area contributed by atoms with Crippen molar-refractivity contribution in [3.8, 4) is 0 Å². The minimum absolute atomic E-state index is 0.326. The molecule has 2 aromatic rings. The lowest BCUT2D eigenvalue weighted by atomic mass is 10.1. The third-order valence-electron chi connectivity index (χ3n) is 3.77. The maximum absolute atomic E-state index is 5.63. The maximum atomic E-state index is 5.63. The summed E-state index contributed by atoms with van der Waals surface area (Å²) in [5.74, 6) is 0. The van der Waals surface area contributed by atoms with Crippen molar-refractivity contribution in [2.24, 2.45) is 0 Å². The smallest absolute Gasteiger partial charge is 0.0771 e. The number of nitrogens with zero attached hydrogens (tertiary/aromatic N) is 2. The Hall–Kier alpha value is -1.33. The van der Waals surface area contributed by atoms with Gasteiger partial charge in [-0.25, -0.2) is 0 Å². The third-order valence-corrected chi connectivity index (χ3v) is 4.66. The summed E-state index contributed by atoms with van der Waals surface area (Å²) in [6.07, 6.45) is 6.56. The van der Waals surface area contributed by atoms with Crippen LogP contribution in [-0.2, 0) is 17.8 Å². The summed E-state index contributed by atoms with van der Waals surface area (Å²) in [5.41, 5.74) is 3.57. The molecule has 1 fully saturated rings. The molecule has 0 saturated carbocycles. The zero-order valence-electron chi connectivity index (χ0n) is 12.2. The summed E-state index contributed by atoms with van der Waals surface area (Å²) in [7, 11) is 0. The van der Waals surface area contributed by atoms with Crippen LogP contribution < -0.4 is 5.32 Å². The average molecular weight is 350 g/mol. The first-order valence-corrected chi connectivity index (χ1v) is 8.13. The number of hydrogen-bond acceptors (Lipinski definition) is 3. The molecule has 0 radical (unpaired) electrons. The zero-order valence-corrected chi connectivity index (χ0v) is 13.8. The predicted octanol–water partition coefficient (Wildman–Crippen LogP) is 3.75. The summed E-state index contributed by atoms with van der Waals surface area (Å²) in [4.78, 5) is 0. The fourth-order valence-electron chi connectivity index (χ4n) is 2.57. The SMILES string of the molecule is Cc1cc(CNc2cnn(CC3CCCO3)c2)ccc1Br. The fourth-order valence-corrected chi connectivity index (χ4v) is 2.82. The van der Waals surface area contributed by atoms with Crippen molar-refractivity contribution in [3.63, 3.8) is 0 Å². The molecule has 1 N–H and O–H groups in total. The molecule has 0 bridgehead atoms. The van der Waals surface area contributed by atoms with E-state index in [1.165, 1.54) is 17.5 Å². The molecule has 0 spiro atoms. The Morgan fingerprint density at radius 3 is 3.14 bits per heavy atom. The van der Waals surface area contributed by atoms with E-state index in [1.54, 1.807) is 0 Å². The first kappa shape index (κ1) is 14.6. The van der Waals surface area contributed by atoms with Crippen molar-refractivity contribution in [2.45, 2.75) is 39.0 Å². The molecule has 1 saturated heterocycles. The summed E-state index contributed by atoms with van der Waals surface area (Å²) in [5, 5.41) is 7.80. The van der Waals surface area contributed by atoms with Gasteiger partial charge in [0.1, 0.15) is 0 Å². The molecule has 1 unspecified atom stereocenters. The van der Waals surface area contributed by atoms with Crippen molar-refractivity contribution in [1.29, 1.82) is 0 Å². The van der Waals surface area contributed by atoms with Crippen LogP contribution in [0.2, 0.25) is 0 Å². The van der Waals surface area contributed by atoms with Gasteiger partial charge in [-0.3, -0.25) is 4.68 Å². The van der Waals surface area contributed by atoms with E-state index in [4.69, 9.17) is 4.74 Å². The second kappa shape index (κ2) is 6.62. The highest BCUT2D eigenvalue weighted by Gasteiger charge is 2.16. The molecule has 2 heterocycles. The van der Waals surface area contributed by atoms with Gasteiger partial charge in [0.15, 0.2) is 0 Å². The Bertz CT molecular complexity index is 605. The van der Waals surface area contributed by atoms with Crippen molar-refractivity contribution < 1.29 is 4.74 Å². The molecule has 1 aliphatic rings. The molecule has 0 amide bonds. The van der Waals surface area contributed by atoms with Gasteiger partial charge in [0.2, 0.25) is 0 Å². The number of nitrogens with one attached hydrogen (secondary N) is 1. The van der Waals surface area contributed by atoms with Crippen molar-refractivity contribution in [3.05, 3.63) is 46.2 Å². The van der Waals surface area contributed by atoms with Crippen molar-refractivity contribution in [2.75, 3.05) is 11.9 Å². The van der Waals surface area contributed by atoms with E-state index in [0.29, 0.717) is 6.10 Å². The standard InChI is InChI=1S/C16H20BrN3O/c1-12-7-13(4-5-16(12)17)8-18-14-9-19-20(10-14)11-15-3-2-6-21-15/h4-5,7,9-10,15,18H,2-3,6,8,11H2,1H3. The average Bonchev–Trinajstić information content (AvgIpc) is 3.13. The number of aryl methyl sites for hydroxylation is 1. The molecule has 1 aliphatic heterocycles. The molecule has 5 heteroatoms. The second-order valence-electron chi connectivity index (χ2n) is 5.52. The number of halogens is 1. The number of rotatable bonds is 5. The fraction of sp³-hybridized carbons (Fsp3) is 0.438. The first-order chi connectivity index (χ1) is 10.2. The van der Waals surface area contributed by atoms with Gasteiger partial charge < -0.3 is 10.1 Å². The van der Waals surface area contributed by atoms with Gasteiger partial charge in [-0.1, -0.05) is 28.1 Å². The van der Waals surface area contributed by atoms with Gasteiger partial charge in [0, 0.05) is 23.8 Å². The highest BCUT2D eigenvalue weighted by atomic mass is 79.9. The van der Waals surface area contributed by atoms with Gasteiger partial charge in [0.25, 0.3) is 0 Å². The number of anilines is 1. The molecular weight excluding hydrogens is 330 g/mol. The molecule has 21 heavy (non-hydrogen) atoms. The molecule has 1 aromatic heterocycles. The van der Waals surface area contributed by atoms with Crippen LogP contribution >= 0.6 is 15.9 Å². The Morgan fingerprint density at radius 2 is 2.38 bits per heavy atom. The van der Waals surface area contributed by atoms with E-state index in [9.17, 15) is 0 Å². The van der Waals surface area contributed by atoms with Crippen LogP contribution in [0.5, 0.6) is 0 Å². The summed E-state index contributed by atoms with van der Waals surface area (Å²) in [6.45, 7) is 4.64. The van der Waals surface area contributed by atoms with E-state index in [0.717, 1.165) is 36.3 Å². The van der Waals surface area contributed by atoms with E-state index in [-0.39, 0.29) is 0 Å². The van der Waals surface area contributed by atoms with E-state index >= 15 is 0 Å². The maximum Gasteiger partial charge on any atom is 0.0771 e. The van der Waals surface area contributed by atoms with Crippen LogP contribution in [0.15, 0.2) is 35.1 Å². The predicted molar refractivity (Wildman–Crippen MR) is 87.4 cm³/mol. The van der Waals surface area contributed by atoms with E-state index in [1.807, 2.05) is 17.1 Å². The van der Waals surface area contributed by atoms with Gasteiger partial charge in [-0.2, -0.15) is 5.10 Å². The van der Waals surface area contributed by atoms with Crippen molar-refractivity contribution in [1.82, 2.24) is 9.78 Å². The van der Waals surface area contributed by atoms with Gasteiger partial charge in [0.05, 0.1) is 24.5 Å². The van der Waals surface area contributed by atoms with Crippen molar-refractivity contribution >= 4 is 21.6 Å². The van der Waals surface area contributed by atoms with E-state index < -0.39 is 0 Å². The molecule has 4 nitrogen and oxygen atoms in total. The highest BCUT2D eigenvalue weighted by molar-refractivity contribution is 9.10. The topological polar surface area (TPSA) is 39.1 Å². The van der Waals surface area contributed by atoms with Crippen LogP contribution in [0.25, 0.3) is 0 Å². The number of aromatic nitrogens is 2. The summed E-state index contributed by atoms with van der Waals surface area (Å²) in [6, 6.07) is 6.40. The largest absolute Gasteiger partial charge is 0.378 e. The Morgan fingerprint density at radius 1 is 1.48 bits per heavy atom. The van der Waals surface area contributed by atoms with Gasteiger partial charge in [-0.05, 0) is 37.0 Å². The first-order valence-electron chi connectivity index (χ1n) is 7.33. The lowest BCUT2D eigenvalue weighted by molar-refractivity contribution is 0.0940. The molecule has 1 atom stereocenters. The molecule has 3 rings (SSSR count). The molecular formula is C16H20BrN3O. The summed E-state index contributed by atoms with van der Waals surface area (Å²) >= 11 is 3.52. The molecule has 0 aliphatic carbocycles. The van der Waals surface area contributed by atoms with Crippen LogP contribution in [0, 0.1) is 6.92 Å². The van der Waals surface area contributed by atoms with Gasteiger partial charge in [-0.15, -0.1) is 0 Å². The number of hydrogen-bond donors (Lipinski definition) is 1. The van der Waals surface area contributed by atoms with Crippen LogP contribution in [-0.4, -0.2) is 22.5 Å². The third kappa shape index (κ3) is 3.86. The van der Waals surface area contributed by atoms with Gasteiger partial charge >= 0.3 is 0 Å². The van der Waals surface area contributed by atoms with Crippen LogP contribution in [0.3, 0.4) is 0 Å². The van der Waals surface area contributed by atoms with Crippen LogP contribution in [0.1, 0.15) is 24.0 Å². The highest BCUT2D eigenvalue weighted by Crippen LogP contribution is 2.18. The minimum Gasteiger partial charge on any atom is -0.378 e. The summed E-state index contributed by atoms with van der Waals surface area (Å²) < 4.78 is 8.75. The lowest BCUT2D eigenvalue weighted by Gasteiger charge is -2.08. The Kier molecular flexibility index (Phi) is 4.60. The van der Waals surface area contributed by atoms with E-state index in [2.05, 4.69) is 51.5 Å². The monoisotopic (exact) mass is 349 g/mol. The number of benzene rings is 1. The molecule has 1 aromatic carbocycles. The molecule has 112 valence electrons. The quantitative estimate of drug-likeness (QED) is 0.893.